The number of carbonyl (C=O) groups excluding carboxylic acids is 1. The van der Waals surface area contributed by atoms with Crippen LogP contribution >= 0.6 is 0 Å². The molecule has 0 bridgehead atoms. The molecule has 1 aromatic carbocycles. The predicted octanol–water partition coefficient (Wildman–Crippen LogP) is 0.814. The van der Waals surface area contributed by atoms with Crippen LogP contribution in [0.1, 0.15) is 19.3 Å². The molecule has 0 radical (unpaired) electrons. The van der Waals surface area contributed by atoms with Gasteiger partial charge < -0.3 is 10.6 Å². The Morgan fingerprint density at radius 3 is 2.71 bits per heavy atom. The molecule has 1 saturated carbocycles. The molecular weight excluding hydrogens is 297 g/mol. The van der Waals surface area contributed by atoms with Crippen molar-refractivity contribution >= 4 is 21.6 Å². The first-order chi connectivity index (χ1) is 9.92. The van der Waals surface area contributed by atoms with Crippen LogP contribution in [0.2, 0.25) is 0 Å². The fourth-order valence-corrected chi connectivity index (χ4v) is 3.14. The van der Waals surface area contributed by atoms with Crippen molar-refractivity contribution in [3.8, 4) is 0 Å². The van der Waals surface area contributed by atoms with E-state index in [1.54, 1.807) is 7.05 Å². The standard InChI is InChI=1S/C13H18FN3O3S/c1-15-7-6-13(18)16-10-4-5-11(14)12(8-10)21(19,20)17-9-2-3-9/h4-5,8-9,15,17H,2-3,6-7H2,1H3,(H,16,18). The van der Waals surface area contributed by atoms with Crippen molar-refractivity contribution in [1.82, 2.24) is 10.0 Å². The van der Waals surface area contributed by atoms with Crippen LogP contribution in [0.3, 0.4) is 0 Å². The normalized spacial score (nSPS) is 15.0. The van der Waals surface area contributed by atoms with Crippen LogP contribution in [0.5, 0.6) is 0 Å². The van der Waals surface area contributed by atoms with Crippen LogP contribution < -0.4 is 15.4 Å². The summed E-state index contributed by atoms with van der Waals surface area (Å²) in [7, 11) is -2.17. The molecule has 8 heteroatoms. The molecule has 0 spiro atoms. The molecule has 0 aliphatic heterocycles. The van der Waals surface area contributed by atoms with E-state index in [9.17, 15) is 17.6 Å². The topological polar surface area (TPSA) is 87.3 Å². The first-order valence-electron chi connectivity index (χ1n) is 6.69. The van der Waals surface area contributed by atoms with Gasteiger partial charge in [0.05, 0.1) is 0 Å². The minimum Gasteiger partial charge on any atom is -0.326 e. The Balaban J connectivity index is 2.14. The Bertz CT molecular complexity index is 630. The number of hydrogen-bond donors (Lipinski definition) is 3. The maximum atomic E-state index is 13.7. The Labute approximate surface area is 123 Å². The van der Waals surface area contributed by atoms with Gasteiger partial charge in [0, 0.05) is 24.7 Å². The second-order valence-corrected chi connectivity index (χ2v) is 6.62. The summed E-state index contributed by atoms with van der Waals surface area (Å²) in [6.07, 6.45) is 1.78. The molecule has 0 atom stereocenters. The number of benzene rings is 1. The van der Waals surface area contributed by atoms with Crippen molar-refractivity contribution in [2.24, 2.45) is 0 Å². The van der Waals surface area contributed by atoms with E-state index in [0.717, 1.165) is 25.0 Å². The highest BCUT2D eigenvalue weighted by Crippen LogP contribution is 2.25. The average Bonchev–Trinajstić information content (AvgIpc) is 3.21. The van der Waals surface area contributed by atoms with E-state index in [1.807, 2.05) is 0 Å². The highest BCUT2D eigenvalue weighted by Gasteiger charge is 2.29. The number of sulfonamides is 1. The second kappa shape index (κ2) is 6.50. The smallest absolute Gasteiger partial charge is 0.243 e. The third-order valence-corrected chi connectivity index (χ3v) is 4.54. The van der Waals surface area contributed by atoms with Crippen LogP contribution in [0.4, 0.5) is 10.1 Å². The number of rotatable bonds is 7. The molecule has 6 nitrogen and oxygen atoms in total. The van der Waals surface area contributed by atoms with Gasteiger partial charge in [-0.3, -0.25) is 4.79 Å². The Morgan fingerprint density at radius 1 is 1.38 bits per heavy atom. The van der Waals surface area contributed by atoms with E-state index in [0.29, 0.717) is 6.54 Å². The van der Waals surface area contributed by atoms with Crippen LogP contribution in [-0.4, -0.2) is 34.0 Å². The highest BCUT2D eigenvalue weighted by molar-refractivity contribution is 7.89. The summed E-state index contributed by atoms with van der Waals surface area (Å²) < 4.78 is 40.2. The zero-order valence-corrected chi connectivity index (χ0v) is 12.5. The van der Waals surface area contributed by atoms with Gasteiger partial charge in [0.2, 0.25) is 15.9 Å². The molecule has 0 saturated heterocycles. The predicted molar refractivity (Wildman–Crippen MR) is 76.9 cm³/mol. The number of amides is 1. The van der Waals surface area contributed by atoms with Gasteiger partial charge in [-0.15, -0.1) is 0 Å². The molecule has 1 aliphatic rings. The molecule has 1 amide bonds. The summed E-state index contributed by atoms with van der Waals surface area (Å²) in [6, 6.07) is 3.40. The lowest BCUT2D eigenvalue weighted by molar-refractivity contribution is -0.116. The Hall–Kier alpha value is -1.51. The molecule has 1 fully saturated rings. The summed E-state index contributed by atoms with van der Waals surface area (Å²) in [5, 5.41) is 5.38. The maximum Gasteiger partial charge on any atom is 0.243 e. The van der Waals surface area contributed by atoms with Crippen LogP contribution in [0.25, 0.3) is 0 Å². The molecule has 21 heavy (non-hydrogen) atoms. The van der Waals surface area contributed by atoms with Crippen LogP contribution in [0, 0.1) is 5.82 Å². The van der Waals surface area contributed by atoms with Crippen molar-refractivity contribution in [1.29, 1.82) is 0 Å². The van der Waals surface area contributed by atoms with Crippen LogP contribution in [-0.2, 0) is 14.8 Å². The quantitative estimate of drug-likeness (QED) is 0.695. The first-order valence-corrected chi connectivity index (χ1v) is 8.17. The number of hydrogen-bond acceptors (Lipinski definition) is 4. The molecule has 0 aromatic heterocycles. The van der Waals surface area contributed by atoms with Crippen molar-refractivity contribution < 1.29 is 17.6 Å². The first kappa shape index (κ1) is 15.9. The zero-order valence-electron chi connectivity index (χ0n) is 11.6. The summed E-state index contributed by atoms with van der Waals surface area (Å²) >= 11 is 0. The van der Waals surface area contributed by atoms with Gasteiger partial charge in [0.1, 0.15) is 10.7 Å². The molecular formula is C13H18FN3O3S. The van der Waals surface area contributed by atoms with E-state index in [-0.39, 0.29) is 24.1 Å². The van der Waals surface area contributed by atoms with Crippen molar-refractivity contribution in [3.05, 3.63) is 24.0 Å². The molecule has 0 heterocycles. The third-order valence-electron chi connectivity index (χ3n) is 3.01. The van der Waals surface area contributed by atoms with E-state index >= 15 is 0 Å². The van der Waals surface area contributed by atoms with Crippen LogP contribution in [0.15, 0.2) is 23.1 Å². The lowest BCUT2D eigenvalue weighted by Gasteiger charge is -2.10. The monoisotopic (exact) mass is 315 g/mol. The highest BCUT2D eigenvalue weighted by atomic mass is 32.2. The molecule has 0 unspecified atom stereocenters. The number of nitrogens with one attached hydrogen (secondary N) is 3. The molecule has 3 N–H and O–H groups in total. The molecule has 2 rings (SSSR count). The van der Waals surface area contributed by atoms with Gasteiger partial charge in [0.25, 0.3) is 0 Å². The molecule has 1 aromatic rings. The number of anilines is 1. The largest absolute Gasteiger partial charge is 0.326 e. The van der Waals surface area contributed by atoms with E-state index in [4.69, 9.17) is 0 Å². The van der Waals surface area contributed by atoms with Gasteiger partial charge in [-0.05, 0) is 38.1 Å². The number of halogens is 1. The lowest BCUT2D eigenvalue weighted by atomic mass is 10.3. The summed E-state index contributed by atoms with van der Waals surface area (Å²) in [5.41, 5.74) is 0.258. The van der Waals surface area contributed by atoms with Crippen molar-refractivity contribution in [2.45, 2.75) is 30.2 Å². The third kappa shape index (κ3) is 4.48. The second-order valence-electron chi connectivity index (χ2n) is 4.94. The number of carbonyl (C=O) groups is 1. The molecule has 116 valence electrons. The Kier molecular flexibility index (Phi) is 4.92. The van der Waals surface area contributed by atoms with Gasteiger partial charge in [-0.25, -0.2) is 17.5 Å². The van der Waals surface area contributed by atoms with Gasteiger partial charge >= 0.3 is 0 Å². The summed E-state index contributed by atoms with van der Waals surface area (Å²) in [5.74, 6) is -1.11. The van der Waals surface area contributed by atoms with Gasteiger partial charge in [0.15, 0.2) is 0 Å². The lowest BCUT2D eigenvalue weighted by Crippen LogP contribution is -2.26. The zero-order chi connectivity index (χ0) is 15.5. The van der Waals surface area contributed by atoms with Gasteiger partial charge in [-0.2, -0.15) is 0 Å². The van der Waals surface area contributed by atoms with Crippen molar-refractivity contribution in [2.75, 3.05) is 18.9 Å². The maximum absolute atomic E-state index is 13.7. The minimum absolute atomic E-state index is 0.108. The summed E-state index contributed by atoms with van der Waals surface area (Å²) in [6.45, 7) is 0.501. The van der Waals surface area contributed by atoms with E-state index in [1.165, 1.54) is 6.07 Å². The van der Waals surface area contributed by atoms with E-state index in [2.05, 4.69) is 15.4 Å². The summed E-state index contributed by atoms with van der Waals surface area (Å²) in [4.78, 5) is 11.2. The fraction of sp³-hybridized carbons (Fsp3) is 0.462. The minimum atomic E-state index is -3.89. The Morgan fingerprint density at radius 2 is 2.10 bits per heavy atom. The van der Waals surface area contributed by atoms with Crippen molar-refractivity contribution in [3.63, 3.8) is 0 Å². The SMILES string of the molecule is CNCCC(=O)Nc1ccc(F)c(S(=O)(=O)NC2CC2)c1. The average molecular weight is 315 g/mol. The molecule has 1 aliphatic carbocycles. The van der Waals surface area contributed by atoms with E-state index < -0.39 is 20.7 Å². The van der Waals surface area contributed by atoms with Gasteiger partial charge in [-0.1, -0.05) is 0 Å². The fourth-order valence-electron chi connectivity index (χ4n) is 1.73.